The Morgan fingerprint density at radius 3 is 1.83 bits per heavy atom. The summed E-state index contributed by atoms with van der Waals surface area (Å²) >= 11 is 0. The van der Waals surface area contributed by atoms with Gasteiger partial charge in [-0.3, -0.25) is 0 Å². The Balaban J connectivity index is 2.98. The Labute approximate surface area is 114 Å². The molecule has 18 heavy (non-hydrogen) atoms. The maximum atomic E-state index is 8.73. The fourth-order valence-electron chi connectivity index (χ4n) is 2.14. The van der Waals surface area contributed by atoms with Gasteiger partial charge in [0.1, 0.15) is 0 Å². The third kappa shape index (κ3) is 14.0. The van der Waals surface area contributed by atoms with Crippen LogP contribution in [0.4, 0.5) is 0 Å². The van der Waals surface area contributed by atoms with Crippen molar-refractivity contribution >= 4 is 0 Å². The Bertz CT molecular complexity index is 148. The van der Waals surface area contributed by atoms with Crippen molar-refractivity contribution in [3.63, 3.8) is 0 Å². The van der Waals surface area contributed by atoms with Gasteiger partial charge in [-0.05, 0) is 19.8 Å². The van der Waals surface area contributed by atoms with Crippen LogP contribution >= 0.6 is 0 Å². The Morgan fingerprint density at radius 2 is 1.33 bits per heavy atom. The summed E-state index contributed by atoms with van der Waals surface area (Å²) in [4.78, 5) is 0. The summed E-state index contributed by atoms with van der Waals surface area (Å²) < 4.78 is 5.59. The molecule has 2 heteroatoms. The van der Waals surface area contributed by atoms with Crippen LogP contribution in [0.1, 0.15) is 84.5 Å². The Kier molecular flexibility index (Phi) is 14.9. The molecule has 110 valence electrons. The molecule has 0 bridgehead atoms. The molecule has 2 nitrogen and oxygen atoms in total. The van der Waals surface area contributed by atoms with E-state index in [9.17, 15) is 0 Å². The van der Waals surface area contributed by atoms with Gasteiger partial charge >= 0.3 is 0 Å². The van der Waals surface area contributed by atoms with Crippen LogP contribution in [0.3, 0.4) is 0 Å². The largest absolute Gasteiger partial charge is 0.396 e. The molecule has 0 saturated carbocycles. The average molecular weight is 258 g/mol. The summed E-state index contributed by atoms with van der Waals surface area (Å²) in [5.41, 5.74) is 0. The van der Waals surface area contributed by atoms with Crippen molar-refractivity contribution in [2.24, 2.45) is 0 Å². The van der Waals surface area contributed by atoms with E-state index in [2.05, 4.69) is 6.92 Å². The first kappa shape index (κ1) is 17.9. The molecular weight excluding hydrogens is 224 g/mol. The predicted octanol–water partition coefficient (Wildman–Crippen LogP) is 4.69. The lowest BCUT2D eigenvalue weighted by Gasteiger charge is -2.11. The molecule has 0 amide bonds. The van der Waals surface area contributed by atoms with Gasteiger partial charge in [-0.15, -0.1) is 0 Å². The number of aliphatic hydroxyl groups excluding tert-OH is 1. The van der Waals surface area contributed by atoms with Crippen LogP contribution < -0.4 is 0 Å². The summed E-state index contributed by atoms with van der Waals surface area (Å²) in [7, 11) is 0. The Hall–Kier alpha value is -0.0800. The topological polar surface area (TPSA) is 29.5 Å². The van der Waals surface area contributed by atoms with Gasteiger partial charge in [-0.1, -0.05) is 64.7 Å². The lowest BCUT2D eigenvalue weighted by molar-refractivity contribution is 0.0456. The minimum Gasteiger partial charge on any atom is -0.396 e. The number of hydrogen-bond acceptors (Lipinski definition) is 2. The number of hydrogen-bond donors (Lipinski definition) is 1. The SMILES string of the molecule is CCCCCCCCCCCCOC(C)CCO. The molecule has 0 aromatic carbocycles. The highest BCUT2D eigenvalue weighted by atomic mass is 16.5. The zero-order valence-electron chi connectivity index (χ0n) is 12.6. The van der Waals surface area contributed by atoms with Gasteiger partial charge in [0.05, 0.1) is 6.10 Å². The Morgan fingerprint density at radius 1 is 0.833 bits per heavy atom. The van der Waals surface area contributed by atoms with Crippen LogP contribution in [0.15, 0.2) is 0 Å². The number of ether oxygens (including phenoxy) is 1. The summed E-state index contributed by atoms with van der Waals surface area (Å²) in [6, 6.07) is 0. The highest BCUT2D eigenvalue weighted by Gasteiger charge is 2.00. The third-order valence-corrected chi connectivity index (χ3v) is 3.44. The first-order valence-electron chi connectivity index (χ1n) is 8.03. The second kappa shape index (κ2) is 15.0. The van der Waals surface area contributed by atoms with Crippen molar-refractivity contribution < 1.29 is 9.84 Å². The molecule has 0 fully saturated rings. The van der Waals surface area contributed by atoms with Gasteiger partial charge in [-0.25, -0.2) is 0 Å². The highest BCUT2D eigenvalue weighted by Crippen LogP contribution is 2.10. The summed E-state index contributed by atoms with van der Waals surface area (Å²) in [6.45, 7) is 5.40. The molecule has 0 aliphatic heterocycles. The summed E-state index contributed by atoms with van der Waals surface area (Å²) in [6.07, 6.45) is 14.6. The molecule has 0 aliphatic rings. The highest BCUT2D eigenvalue weighted by molar-refractivity contribution is 4.50. The van der Waals surface area contributed by atoms with E-state index in [1.807, 2.05) is 6.92 Å². The molecule has 0 aliphatic carbocycles. The average Bonchev–Trinajstić information content (AvgIpc) is 2.36. The fraction of sp³-hybridized carbons (Fsp3) is 1.00. The third-order valence-electron chi connectivity index (χ3n) is 3.44. The van der Waals surface area contributed by atoms with Crippen molar-refractivity contribution in [3.8, 4) is 0 Å². The van der Waals surface area contributed by atoms with Crippen molar-refractivity contribution in [2.45, 2.75) is 90.6 Å². The monoisotopic (exact) mass is 258 g/mol. The van der Waals surface area contributed by atoms with E-state index >= 15 is 0 Å². The number of unbranched alkanes of at least 4 members (excludes halogenated alkanes) is 9. The number of rotatable bonds is 14. The maximum Gasteiger partial charge on any atom is 0.0568 e. The van der Waals surface area contributed by atoms with Crippen molar-refractivity contribution in [2.75, 3.05) is 13.2 Å². The second-order valence-corrected chi connectivity index (χ2v) is 5.38. The molecule has 1 N–H and O–H groups in total. The van der Waals surface area contributed by atoms with Crippen molar-refractivity contribution in [1.29, 1.82) is 0 Å². The minimum atomic E-state index is 0.216. The molecule has 0 rings (SSSR count). The van der Waals surface area contributed by atoms with E-state index in [-0.39, 0.29) is 12.7 Å². The van der Waals surface area contributed by atoms with Gasteiger partial charge in [0.15, 0.2) is 0 Å². The minimum absolute atomic E-state index is 0.216. The lowest BCUT2D eigenvalue weighted by Crippen LogP contribution is -2.10. The van der Waals surface area contributed by atoms with Gasteiger partial charge in [0.2, 0.25) is 0 Å². The first-order chi connectivity index (χ1) is 8.81. The standard InChI is InChI=1S/C16H34O2/c1-3-4-5-6-7-8-9-10-11-12-15-18-16(2)13-14-17/h16-17H,3-15H2,1-2H3. The lowest BCUT2D eigenvalue weighted by atomic mass is 10.1. The van der Waals surface area contributed by atoms with E-state index in [0.29, 0.717) is 0 Å². The molecule has 0 saturated heterocycles. The van der Waals surface area contributed by atoms with E-state index < -0.39 is 0 Å². The normalized spacial score (nSPS) is 12.8. The van der Waals surface area contributed by atoms with Gasteiger partial charge < -0.3 is 9.84 Å². The van der Waals surface area contributed by atoms with Gasteiger partial charge in [-0.2, -0.15) is 0 Å². The van der Waals surface area contributed by atoms with Crippen LogP contribution in [-0.2, 0) is 4.74 Å². The van der Waals surface area contributed by atoms with Crippen molar-refractivity contribution in [3.05, 3.63) is 0 Å². The quantitative estimate of drug-likeness (QED) is 0.458. The van der Waals surface area contributed by atoms with Crippen molar-refractivity contribution in [1.82, 2.24) is 0 Å². The molecule has 0 aromatic heterocycles. The smallest absolute Gasteiger partial charge is 0.0568 e. The fourth-order valence-corrected chi connectivity index (χ4v) is 2.14. The molecular formula is C16H34O2. The molecule has 0 spiro atoms. The number of aliphatic hydroxyl groups is 1. The van der Waals surface area contributed by atoms with E-state index in [4.69, 9.17) is 9.84 Å². The van der Waals surface area contributed by atoms with Crippen LogP contribution in [0, 0.1) is 0 Å². The van der Waals surface area contributed by atoms with Gasteiger partial charge in [0.25, 0.3) is 0 Å². The molecule has 0 aromatic rings. The van der Waals surface area contributed by atoms with Crippen LogP contribution in [0.25, 0.3) is 0 Å². The van der Waals surface area contributed by atoms with Crippen LogP contribution in [0.5, 0.6) is 0 Å². The van der Waals surface area contributed by atoms with Gasteiger partial charge in [0, 0.05) is 13.2 Å². The van der Waals surface area contributed by atoms with E-state index in [0.717, 1.165) is 13.0 Å². The maximum absolute atomic E-state index is 8.73. The first-order valence-corrected chi connectivity index (χ1v) is 8.03. The zero-order chi connectivity index (χ0) is 13.5. The molecule has 0 radical (unpaired) electrons. The predicted molar refractivity (Wildman–Crippen MR) is 79.0 cm³/mol. The van der Waals surface area contributed by atoms with Crippen LogP contribution in [0.2, 0.25) is 0 Å². The summed E-state index contributed by atoms with van der Waals surface area (Å²) in [5.74, 6) is 0. The summed E-state index contributed by atoms with van der Waals surface area (Å²) in [5, 5.41) is 8.73. The molecule has 0 heterocycles. The second-order valence-electron chi connectivity index (χ2n) is 5.38. The van der Waals surface area contributed by atoms with E-state index in [1.54, 1.807) is 0 Å². The molecule has 1 unspecified atom stereocenters. The molecule has 1 atom stereocenters. The van der Waals surface area contributed by atoms with Crippen LogP contribution in [-0.4, -0.2) is 24.4 Å². The zero-order valence-corrected chi connectivity index (χ0v) is 12.6. The van der Waals surface area contributed by atoms with E-state index in [1.165, 1.54) is 64.2 Å².